The minimum Gasteiger partial charge on any atom is -0.378 e. The van der Waals surface area contributed by atoms with E-state index in [2.05, 4.69) is 15.5 Å². The number of morpholine rings is 1. The molecule has 3 aliphatic rings. The zero-order valence-electron chi connectivity index (χ0n) is 26.0. The Morgan fingerprint density at radius 2 is 1.62 bits per heavy atom. The standard InChI is InChI=1S/C35H38F3N5O3S/c36-35(37,38)27-10-8-25(9-11-27)22-43(31(44)24-42-23-30(40-33(42)47)26-6-2-1-3-7-26)34(16-4-5-17-34)32(45)39-28-12-14-29(15-13-28)41-18-20-46-21-19-41/h1-3,6-15,30H,4-5,16-24H2,(H,39,45)(H,40,47). The van der Waals surface area contributed by atoms with E-state index in [9.17, 15) is 22.8 Å². The molecule has 0 bridgehead atoms. The van der Waals surface area contributed by atoms with Gasteiger partial charge in [-0.05, 0) is 72.6 Å². The third-order valence-corrected chi connectivity index (χ3v) is 9.69. The van der Waals surface area contributed by atoms with Crippen molar-refractivity contribution in [2.75, 3.05) is 49.6 Å². The molecule has 8 nitrogen and oxygen atoms in total. The van der Waals surface area contributed by atoms with Crippen molar-refractivity contribution in [3.8, 4) is 0 Å². The van der Waals surface area contributed by atoms with Crippen LogP contribution in [0.15, 0.2) is 78.9 Å². The second-order valence-corrected chi connectivity index (χ2v) is 12.7. The van der Waals surface area contributed by atoms with Crippen LogP contribution >= 0.6 is 12.2 Å². The molecule has 248 valence electrons. The van der Waals surface area contributed by atoms with Crippen LogP contribution in [0.25, 0.3) is 0 Å². The van der Waals surface area contributed by atoms with Gasteiger partial charge in [0.05, 0.1) is 31.4 Å². The van der Waals surface area contributed by atoms with Gasteiger partial charge in [-0.25, -0.2) is 0 Å². The molecule has 0 radical (unpaired) electrons. The molecular formula is C35H38F3N5O3S. The zero-order chi connectivity index (χ0) is 33.0. The largest absolute Gasteiger partial charge is 0.416 e. The monoisotopic (exact) mass is 665 g/mol. The molecule has 3 fully saturated rings. The lowest BCUT2D eigenvalue weighted by molar-refractivity contribution is -0.146. The summed E-state index contributed by atoms with van der Waals surface area (Å²) >= 11 is 5.61. The highest BCUT2D eigenvalue weighted by Crippen LogP contribution is 2.39. The molecule has 1 aliphatic carbocycles. The van der Waals surface area contributed by atoms with Crippen LogP contribution in [-0.2, 0) is 27.0 Å². The highest BCUT2D eigenvalue weighted by atomic mass is 32.1. The Morgan fingerprint density at radius 3 is 2.26 bits per heavy atom. The second kappa shape index (κ2) is 13.9. The number of carbonyl (C=O) groups excluding carboxylic acids is 2. The molecule has 2 aliphatic heterocycles. The molecular weight excluding hydrogens is 627 g/mol. The molecule has 6 rings (SSSR count). The average molecular weight is 666 g/mol. The number of benzene rings is 3. The first-order valence-corrected chi connectivity index (χ1v) is 16.3. The van der Waals surface area contributed by atoms with E-state index in [1.54, 1.807) is 9.80 Å². The average Bonchev–Trinajstić information content (AvgIpc) is 3.72. The predicted molar refractivity (Wildman–Crippen MR) is 178 cm³/mol. The second-order valence-electron chi connectivity index (χ2n) is 12.3. The van der Waals surface area contributed by atoms with Crippen LogP contribution in [0.5, 0.6) is 0 Å². The number of alkyl halides is 3. The molecule has 1 saturated carbocycles. The van der Waals surface area contributed by atoms with Crippen molar-refractivity contribution in [1.82, 2.24) is 15.1 Å². The van der Waals surface area contributed by atoms with Gasteiger partial charge in [0.1, 0.15) is 5.54 Å². The number of amides is 2. The Hall–Kier alpha value is -4.16. The van der Waals surface area contributed by atoms with Gasteiger partial charge in [0, 0.05) is 37.6 Å². The summed E-state index contributed by atoms with van der Waals surface area (Å²) in [5, 5.41) is 6.78. The van der Waals surface area contributed by atoms with E-state index in [4.69, 9.17) is 17.0 Å². The summed E-state index contributed by atoms with van der Waals surface area (Å²) in [5.74, 6) is -0.624. The van der Waals surface area contributed by atoms with Gasteiger partial charge in [0.25, 0.3) is 0 Å². The van der Waals surface area contributed by atoms with E-state index in [0.29, 0.717) is 49.0 Å². The van der Waals surface area contributed by atoms with Crippen LogP contribution in [-0.4, -0.2) is 71.7 Å². The van der Waals surface area contributed by atoms with Crippen LogP contribution in [0.2, 0.25) is 0 Å². The van der Waals surface area contributed by atoms with E-state index < -0.39 is 17.3 Å². The quantitative estimate of drug-likeness (QED) is 0.282. The molecule has 1 atom stereocenters. The normalized spacial score (nSPS) is 19.4. The highest BCUT2D eigenvalue weighted by Gasteiger charge is 2.49. The number of rotatable bonds is 9. The number of nitrogens with zero attached hydrogens (tertiary/aromatic N) is 3. The number of hydrogen-bond donors (Lipinski definition) is 2. The summed E-state index contributed by atoms with van der Waals surface area (Å²) in [7, 11) is 0. The fourth-order valence-corrected chi connectivity index (χ4v) is 6.99. The summed E-state index contributed by atoms with van der Waals surface area (Å²) in [4.78, 5) is 34.1. The van der Waals surface area contributed by atoms with E-state index in [1.165, 1.54) is 12.1 Å². The van der Waals surface area contributed by atoms with Crippen molar-refractivity contribution in [1.29, 1.82) is 0 Å². The number of thiocarbonyl (C=S) groups is 1. The first-order valence-electron chi connectivity index (χ1n) is 15.9. The Morgan fingerprint density at radius 1 is 0.957 bits per heavy atom. The van der Waals surface area contributed by atoms with Crippen LogP contribution < -0.4 is 15.5 Å². The van der Waals surface area contributed by atoms with Crippen molar-refractivity contribution < 1.29 is 27.5 Å². The van der Waals surface area contributed by atoms with E-state index in [-0.39, 0.29) is 30.9 Å². The Kier molecular flexibility index (Phi) is 9.70. The molecule has 2 saturated heterocycles. The van der Waals surface area contributed by atoms with Crippen molar-refractivity contribution in [2.45, 2.75) is 50.0 Å². The molecule has 2 amide bonds. The number of carbonyl (C=O) groups is 2. The number of anilines is 2. The Balaban J connectivity index is 1.25. The van der Waals surface area contributed by atoms with E-state index in [1.807, 2.05) is 54.6 Å². The maximum Gasteiger partial charge on any atom is 0.416 e. The smallest absolute Gasteiger partial charge is 0.378 e. The zero-order valence-corrected chi connectivity index (χ0v) is 26.8. The van der Waals surface area contributed by atoms with Crippen LogP contribution in [0.3, 0.4) is 0 Å². The van der Waals surface area contributed by atoms with Crippen molar-refractivity contribution in [2.24, 2.45) is 0 Å². The Bertz CT molecular complexity index is 1560. The summed E-state index contributed by atoms with van der Waals surface area (Å²) in [5.41, 5.74) is 1.23. The predicted octanol–water partition coefficient (Wildman–Crippen LogP) is 5.75. The lowest BCUT2D eigenvalue weighted by Gasteiger charge is -2.41. The minimum absolute atomic E-state index is 0.0174. The molecule has 0 spiro atoms. The number of halogens is 3. The summed E-state index contributed by atoms with van der Waals surface area (Å²) in [6.45, 7) is 3.28. The van der Waals surface area contributed by atoms with Crippen LogP contribution in [0.4, 0.5) is 24.5 Å². The van der Waals surface area contributed by atoms with Gasteiger partial charge in [-0.15, -0.1) is 0 Å². The molecule has 2 heterocycles. The lowest BCUT2D eigenvalue weighted by atomic mass is 9.92. The van der Waals surface area contributed by atoms with Gasteiger partial charge in [0.2, 0.25) is 11.8 Å². The van der Waals surface area contributed by atoms with Gasteiger partial charge < -0.3 is 30.1 Å². The van der Waals surface area contributed by atoms with Gasteiger partial charge in [-0.2, -0.15) is 13.2 Å². The van der Waals surface area contributed by atoms with Gasteiger partial charge in [-0.1, -0.05) is 55.3 Å². The molecule has 1 unspecified atom stereocenters. The van der Waals surface area contributed by atoms with Crippen molar-refractivity contribution in [3.05, 3.63) is 95.6 Å². The minimum atomic E-state index is -4.48. The maximum atomic E-state index is 14.3. The topological polar surface area (TPSA) is 77.2 Å². The lowest BCUT2D eigenvalue weighted by Crippen LogP contribution is -2.59. The molecule has 2 N–H and O–H groups in total. The number of ether oxygens (including phenoxy) is 1. The SMILES string of the molecule is O=C(CN1CC(c2ccccc2)NC1=S)N(Cc1ccc(C(F)(F)F)cc1)C1(C(=O)Nc2ccc(N3CCOCC3)cc2)CCCC1. The number of hydrogen-bond acceptors (Lipinski definition) is 5. The van der Waals surface area contributed by atoms with Gasteiger partial charge in [-0.3, -0.25) is 9.59 Å². The number of nitrogens with one attached hydrogen (secondary N) is 2. The van der Waals surface area contributed by atoms with E-state index in [0.717, 1.165) is 49.3 Å². The summed E-state index contributed by atoms with van der Waals surface area (Å²) in [6, 6.07) is 22.1. The van der Waals surface area contributed by atoms with Gasteiger partial charge in [0.15, 0.2) is 5.11 Å². The first kappa shape index (κ1) is 32.8. The third-order valence-electron chi connectivity index (χ3n) is 9.31. The summed E-state index contributed by atoms with van der Waals surface area (Å²) < 4.78 is 45.4. The maximum absolute atomic E-state index is 14.3. The van der Waals surface area contributed by atoms with Crippen LogP contribution in [0.1, 0.15) is 48.4 Å². The first-order chi connectivity index (χ1) is 22.6. The fraction of sp³-hybridized carbons (Fsp3) is 0.400. The molecule has 3 aromatic rings. The van der Waals surface area contributed by atoms with E-state index >= 15 is 0 Å². The fourth-order valence-electron chi connectivity index (χ4n) is 6.71. The van der Waals surface area contributed by atoms with Crippen molar-refractivity contribution >= 4 is 40.5 Å². The van der Waals surface area contributed by atoms with Gasteiger partial charge >= 0.3 is 6.18 Å². The highest BCUT2D eigenvalue weighted by molar-refractivity contribution is 7.80. The third kappa shape index (κ3) is 7.38. The van der Waals surface area contributed by atoms with Crippen LogP contribution in [0, 0.1) is 0 Å². The summed E-state index contributed by atoms with van der Waals surface area (Å²) in [6.07, 6.45) is -2.13. The van der Waals surface area contributed by atoms with Crippen molar-refractivity contribution in [3.63, 3.8) is 0 Å². The Labute approximate surface area is 277 Å². The molecule has 47 heavy (non-hydrogen) atoms. The molecule has 12 heteroatoms. The molecule has 3 aromatic carbocycles. The molecule has 0 aromatic heterocycles.